The fraction of sp³-hybridized carbons (Fsp3) is 0.259. The molecule has 1 aliphatic rings. The van der Waals surface area contributed by atoms with Gasteiger partial charge in [-0.2, -0.15) is 0 Å². The number of benzene rings is 3. The maximum Gasteiger partial charge on any atom is 0.146 e. The average molecular weight is 481 g/mol. The molecule has 2 atom stereocenters. The predicted molar refractivity (Wildman–Crippen MR) is 135 cm³/mol. The molecule has 4 nitrogen and oxygen atoms in total. The molecule has 1 aliphatic heterocycles. The number of nitrogens with one attached hydrogen (secondary N) is 1. The number of fused-ring (bicyclic) bond motifs is 2. The molecular weight excluding hydrogens is 455 g/mol. The lowest BCUT2D eigenvalue weighted by Crippen LogP contribution is -2.31. The van der Waals surface area contributed by atoms with Gasteiger partial charge >= 0.3 is 0 Å². The van der Waals surface area contributed by atoms with Gasteiger partial charge in [0.2, 0.25) is 0 Å². The molecule has 0 aliphatic carbocycles. The van der Waals surface area contributed by atoms with Crippen LogP contribution in [0.2, 0.25) is 10.0 Å². The number of aromatic nitrogens is 1. The van der Waals surface area contributed by atoms with Crippen LogP contribution in [0.4, 0.5) is 0 Å². The van der Waals surface area contributed by atoms with Crippen molar-refractivity contribution < 1.29 is 9.84 Å². The summed E-state index contributed by atoms with van der Waals surface area (Å²) in [7, 11) is 0. The van der Waals surface area contributed by atoms with Gasteiger partial charge in [0, 0.05) is 45.0 Å². The molecule has 0 spiro atoms. The van der Waals surface area contributed by atoms with E-state index in [1.54, 1.807) is 6.07 Å². The lowest BCUT2D eigenvalue weighted by Gasteiger charge is -2.29. The molecule has 4 aromatic rings. The molecular formula is C27H26Cl2N2O2. The lowest BCUT2D eigenvalue weighted by molar-refractivity contribution is 0.102. The van der Waals surface area contributed by atoms with Crippen LogP contribution in [0.1, 0.15) is 49.8 Å². The van der Waals surface area contributed by atoms with E-state index >= 15 is 0 Å². The maximum atomic E-state index is 11.4. The normalized spacial score (nSPS) is 16.6. The van der Waals surface area contributed by atoms with Gasteiger partial charge in [-0.1, -0.05) is 53.5 Å². The Hall–Kier alpha value is -2.50. The predicted octanol–water partition coefficient (Wildman–Crippen LogP) is 7.30. The van der Waals surface area contributed by atoms with E-state index < -0.39 is 6.23 Å². The molecule has 1 unspecified atom stereocenters. The highest BCUT2D eigenvalue weighted by molar-refractivity contribution is 6.35. The molecule has 5 rings (SSSR count). The van der Waals surface area contributed by atoms with Gasteiger partial charge in [0.05, 0.1) is 12.3 Å². The molecule has 0 radical (unpaired) electrons. The largest absolute Gasteiger partial charge is 0.493 e. The molecule has 6 heteroatoms. The van der Waals surface area contributed by atoms with E-state index in [0.717, 1.165) is 45.5 Å². The summed E-state index contributed by atoms with van der Waals surface area (Å²) in [6.07, 6.45) is -0.0471. The molecule has 33 heavy (non-hydrogen) atoms. The van der Waals surface area contributed by atoms with Crippen molar-refractivity contribution in [1.29, 1.82) is 0 Å². The smallest absolute Gasteiger partial charge is 0.146 e. The van der Waals surface area contributed by atoms with Crippen LogP contribution in [0.5, 0.6) is 5.75 Å². The minimum absolute atomic E-state index is 0.00906. The van der Waals surface area contributed by atoms with Crippen LogP contribution in [0.25, 0.3) is 22.0 Å². The van der Waals surface area contributed by atoms with Gasteiger partial charge < -0.3 is 14.4 Å². The number of aliphatic hydroxyl groups excluding tert-OH is 1. The fourth-order valence-electron chi connectivity index (χ4n) is 4.81. The Balaban J connectivity index is 1.58. The fourth-order valence-corrected chi connectivity index (χ4v) is 5.34. The van der Waals surface area contributed by atoms with E-state index in [9.17, 15) is 5.11 Å². The van der Waals surface area contributed by atoms with Crippen LogP contribution < -0.4 is 10.1 Å². The summed E-state index contributed by atoms with van der Waals surface area (Å²) < 4.78 is 7.97. The third-order valence-electron chi connectivity index (χ3n) is 6.20. The first-order valence-corrected chi connectivity index (χ1v) is 11.9. The summed E-state index contributed by atoms with van der Waals surface area (Å²) in [5.41, 5.74) is 4.93. The van der Waals surface area contributed by atoms with Crippen molar-refractivity contribution in [3.05, 3.63) is 88.0 Å². The van der Waals surface area contributed by atoms with Gasteiger partial charge in [-0.15, -0.1) is 0 Å². The van der Waals surface area contributed by atoms with Gasteiger partial charge in [0.1, 0.15) is 12.0 Å². The van der Waals surface area contributed by atoms with E-state index in [-0.39, 0.29) is 12.1 Å². The SMILES string of the molecule is CC(C)n1c(C(O)N[C@H]2CCOc3ccccc32)cc2c(-c3cc(Cl)cc(Cl)c3)cccc21. The van der Waals surface area contributed by atoms with E-state index in [4.69, 9.17) is 27.9 Å². The molecule has 2 heterocycles. The first kappa shape index (κ1) is 22.3. The van der Waals surface area contributed by atoms with Gasteiger partial charge in [0.15, 0.2) is 0 Å². The number of halogens is 2. The minimum Gasteiger partial charge on any atom is -0.493 e. The quantitative estimate of drug-likeness (QED) is 0.294. The highest BCUT2D eigenvalue weighted by Gasteiger charge is 2.26. The second-order valence-electron chi connectivity index (χ2n) is 8.73. The van der Waals surface area contributed by atoms with Crippen LogP contribution in [0, 0.1) is 0 Å². The molecule has 0 saturated heterocycles. The number of para-hydroxylation sites is 1. The topological polar surface area (TPSA) is 46.4 Å². The Morgan fingerprint density at radius 1 is 1.00 bits per heavy atom. The summed E-state index contributed by atoms with van der Waals surface area (Å²) in [4.78, 5) is 0. The maximum absolute atomic E-state index is 11.4. The second-order valence-corrected chi connectivity index (χ2v) is 9.60. The van der Waals surface area contributed by atoms with Crippen LogP contribution in [0.15, 0.2) is 66.7 Å². The Bertz CT molecular complexity index is 1290. The van der Waals surface area contributed by atoms with E-state index in [2.05, 4.69) is 48.0 Å². The second kappa shape index (κ2) is 9.03. The highest BCUT2D eigenvalue weighted by Crippen LogP contribution is 2.38. The van der Waals surface area contributed by atoms with Gasteiger partial charge in [-0.05, 0) is 61.4 Å². The monoisotopic (exact) mass is 480 g/mol. The summed E-state index contributed by atoms with van der Waals surface area (Å²) in [5.74, 6) is 0.873. The zero-order valence-electron chi connectivity index (χ0n) is 18.6. The number of rotatable bonds is 5. The molecule has 3 aromatic carbocycles. The van der Waals surface area contributed by atoms with Crippen molar-refractivity contribution in [3.8, 4) is 16.9 Å². The van der Waals surface area contributed by atoms with Gasteiger partial charge in [-0.25, -0.2) is 0 Å². The molecule has 0 bridgehead atoms. The van der Waals surface area contributed by atoms with Crippen LogP contribution in [-0.2, 0) is 0 Å². The molecule has 0 fully saturated rings. The zero-order chi connectivity index (χ0) is 23.1. The van der Waals surface area contributed by atoms with Crippen molar-refractivity contribution in [2.75, 3.05) is 6.61 Å². The molecule has 170 valence electrons. The number of hydrogen-bond donors (Lipinski definition) is 2. The van der Waals surface area contributed by atoms with Crippen molar-refractivity contribution in [1.82, 2.24) is 9.88 Å². The molecule has 0 saturated carbocycles. The minimum atomic E-state index is -0.841. The van der Waals surface area contributed by atoms with E-state index in [1.807, 2.05) is 36.4 Å². The molecule has 2 N–H and O–H groups in total. The van der Waals surface area contributed by atoms with Crippen molar-refractivity contribution in [2.24, 2.45) is 0 Å². The van der Waals surface area contributed by atoms with Crippen LogP contribution in [0.3, 0.4) is 0 Å². The Kier molecular flexibility index (Phi) is 6.11. The van der Waals surface area contributed by atoms with E-state index in [1.165, 1.54) is 0 Å². The third kappa shape index (κ3) is 4.24. The average Bonchev–Trinajstić information content (AvgIpc) is 3.19. The summed E-state index contributed by atoms with van der Waals surface area (Å²) in [6, 6.07) is 22.0. The summed E-state index contributed by atoms with van der Waals surface area (Å²) in [5, 5.41) is 17.0. The first-order chi connectivity index (χ1) is 15.9. The number of aliphatic hydroxyl groups is 1. The number of nitrogens with zero attached hydrogens (tertiary/aromatic N) is 1. The van der Waals surface area contributed by atoms with Crippen molar-refractivity contribution in [3.63, 3.8) is 0 Å². The summed E-state index contributed by atoms with van der Waals surface area (Å²) in [6.45, 7) is 4.87. The molecule has 0 amide bonds. The van der Waals surface area contributed by atoms with Crippen molar-refractivity contribution in [2.45, 2.75) is 38.6 Å². The molecule has 1 aromatic heterocycles. The lowest BCUT2D eigenvalue weighted by atomic mass is 10.00. The van der Waals surface area contributed by atoms with Crippen molar-refractivity contribution >= 4 is 34.1 Å². The van der Waals surface area contributed by atoms with Gasteiger partial charge in [0.25, 0.3) is 0 Å². The van der Waals surface area contributed by atoms with Crippen LogP contribution >= 0.6 is 23.2 Å². The summed E-state index contributed by atoms with van der Waals surface area (Å²) >= 11 is 12.6. The highest BCUT2D eigenvalue weighted by atomic mass is 35.5. The standard InChI is InChI=1S/C27H26Cl2N2O2/c1-16(2)31-24-8-5-7-20(17-12-18(28)14-19(29)13-17)22(24)15-25(31)27(32)30-23-10-11-33-26-9-4-3-6-21(23)26/h3-9,12-16,23,27,30,32H,10-11H2,1-2H3/t23-,27?/m0/s1. The third-order valence-corrected chi connectivity index (χ3v) is 6.64. The number of ether oxygens (including phenoxy) is 1. The first-order valence-electron chi connectivity index (χ1n) is 11.2. The Labute approximate surface area is 203 Å². The van der Waals surface area contributed by atoms with Gasteiger partial charge in [-0.3, -0.25) is 5.32 Å². The number of hydrogen-bond acceptors (Lipinski definition) is 3. The Morgan fingerprint density at radius 2 is 1.76 bits per heavy atom. The zero-order valence-corrected chi connectivity index (χ0v) is 20.1. The van der Waals surface area contributed by atoms with E-state index in [0.29, 0.717) is 16.7 Å². The Morgan fingerprint density at radius 3 is 2.52 bits per heavy atom. The van der Waals surface area contributed by atoms with Crippen LogP contribution in [-0.4, -0.2) is 16.3 Å².